The van der Waals surface area contributed by atoms with Crippen molar-refractivity contribution in [2.75, 3.05) is 19.6 Å². The standard InChI is InChI=1S/C21H25N3O3S/c22-14-20(25)23-12-6-11-21(16-23)13-17-7-4-5-8-18(17)15-24(21)28(26,27)19-9-2-1-3-10-19/h1-5,7-10H,6,11-16,22H2. The number of carbonyl (C=O) groups is 1. The Hall–Kier alpha value is -2.22. The Labute approximate surface area is 166 Å². The number of nitrogens with two attached hydrogens (primary N) is 1. The van der Waals surface area contributed by atoms with Crippen molar-refractivity contribution in [2.24, 2.45) is 5.73 Å². The van der Waals surface area contributed by atoms with Gasteiger partial charge in [-0.2, -0.15) is 4.31 Å². The van der Waals surface area contributed by atoms with E-state index in [-0.39, 0.29) is 17.3 Å². The topological polar surface area (TPSA) is 83.7 Å². The quantitative estimate of drug-likeness (QED) is 0.852. The second-order valence-corrected chi connectivity index (χ2v) is 9.48. The molecule has 1 atom stereocenters. The molecular formula is C21H25N3O3S. The summed E-state index contributed by atoms with van der Waals surface area (Å²) in [5.41, 5.74) is 7.12. The first kappa shape index (κ1) is 19.1. The van der Waals surface area contributed by atoms with E-state index in [4.69, 9.17) is 5.73 Å². The normalized spacial score (nSPS) is 22.8. The lowest BCUT2D eigenvalue weighted by Crippen LogP contribution is -2.64. The molecule has 2 aliphatic heterocycles. The highest BCUT2D eigenvalue weighted by Crippen LogP contribution is 2.41. The number of nitrogens with zero attached hydrogens (tertiary/aromatic N) is 2. The zero-order valence-corrected chi connectivity index (χ0v) is 16.6. The minimum Gasteiger partial charge on any atom is -0.340 e. The van der Waals surface area contributed by atoms with Crippen molar-refractivity contribution in [3.05, 3.63) is 65.7 Å². The number of benzene rings is 2. The smallest absolute Gasteiger partial charge is 0.243 e. The van der Waals surface area contributed by atoms with Crippen molar-refractivity contribution in [1.82, 2.24) is 9.21 Å². The highest BCUT2D eigenvalue weighted by Gasteiger charge is 2.49. The van der Waals surface area contributed by atoms with Crippen molar-refractivity contribution in [2.45, 2.75) is 36.2 Å². The zero-order chi connectivity index (χ0) is 19.8. The molecule has 1 amide bonds. The molecule has 7 heteroatoms. The van der Waals surface area contributed by atoms with Crippen LogP contribution in [0.4, 0.5) is 0 Å². The third-order valence-corrected chi connectivity index (χ3v) is 7.86. The van der Waals surface area contributed by atoms with Crippen molar-refractivity contribution >= 4 is 15.9 Å². The number of amides is 1. The molecular weight excluding hydrogens is 374 g/mol. The first-order valence-corrected chi connectivity index (χ1v) is 11.0. The SMILES string of the molecule is NCC(=O)N1CCCC2(Cc3ccccc3CN2S(=O)(=O)c2ccccc2)C1. The fourth-order valence-electron chi connectivity index (χ4n) is 4.51. The molecule has 4 rings (SSSR count). The van der Waals surface area contributed by atoms with Crippen molar-refractivity contribution in [3.8, 4) is 0 Å². The van der Waals surface area contributed by atoms with Gasteiger partial charge in [-0.3, -0.25) is 4.79 Å². The number of likely N-dealkylation sites (tertiary alicyclic amines) is 1. The van der Waals surface area contributed by atoms with Crippen LogP contribution in [0.5, 0.6) is 0 Å². The van der Waals surface area contributed by atoms with Gasteiger partial charge < -0.3 is 10.6 Å². The van der Waals surface area contributed by atoms with Crippen molar-refractivity contribution < 1.29 is 13.2 Å². The molecule has 0 radical (unpaired) electrons. The van der Waals surface area contributed by atoms with Crippen molar-refractivity contribution in [3.63, 3.8) is 0 Å². The molecule has 1 unspecified atom stereocenters. The van der Waals surface area contributed by atoms with Gasteiger partial charge in [0.05, 0.1) is 17.0 Å². The van der Waals surface area contributed by atoms with Gasteiger partial charge in [0.1, 0.15) is 0 Å². The third kappa shape index (κ3) is 3.23. The molecule has 6 nitrogen and oxygen atoms in total. The van der Waals surface area contributed by atoms with Gasteiger partial charge in [0, 0.05) is 19.6 Å². The molecule has 2 N–H and O–H groups in total. The molecule has 0 bridgehead atoms. The Balaban J connectivity index is 1.81. The van der Waals surface area contributed by atoms with Gasteiger partial charge in [0.2, 0.25) is 15.9 Å². The second kappa shape index (κ2) is 7.31. The van der Waals surface area contributed by atoms with Gasteiger partial charge in [-0.15, -0.1) is 0 Å². The van der Waals surface area contributed by atoms with Gasteiger partial charge in [0.25, 0.3) is 0 Å². The van der Waals surface area contributed by atoms with Gasteiger partial charge >= 0.3 is 0 Å². The molecule has 148 valence electrons. The predicted molar refractivity (Wildman–Crippen MR) is 107 cm³/mol. The molecule has 2 heterocycles. The number of piperidine rings is 1. The largest absolute Gasteiger partial charge is 0.340 e. The molecule has 0 aromatic heterocycles. The first-order valence-electron chi connectivity index (χ1n) is 9.59. The van der Waals surface area contributed by atoms with E-state index in [9.17, 15) is 13.2 Å². The maximum Gasteiger partial charge on any atom is 0.243 e. The Kier molecular flexibility index (Phi) is 4.99. The predicted octanol–water partition coefficient (Wildman–Crippen LogP) is 1.75. The van der Waals surface area contributed by atoms with Crippen molar-refractivity contribution in [1.29, 1.82) is 0 Å². The van der Waals surface area contributed by atoms with E-state index in [0.29, 0.717) is 26.1 Å². The number of hydrogen-bond donors (Lipinski definition) is 1. The van der Waals surface area contributed by atoms with Crippen LogP contribution in [-0.4, -0.2) is 48.7 Å². The third-order valence-electron chi connectivity index (χ3n) is 5.89. The summed E-state index contributed by atoms with van der Waals surface area (Å²) in [6.07, 6.45) is 2.08. The summed E-state index contributed by atoms with van der Waals surface area (Å²) in [7, 11) is -3.70. The van der Waals surface area contributed by atoms with Crippen LogP contribution in [0.1, 0.15) is 24.0 Å². The van der Waals surface area contributed by atoms with Crippen LogP contribution in [0.2, 0.25) is 0 Å². The lowest BCUT2D eigenvalue weighted by atomic mass is 9.79. The Morgan fingerprint density at radius 3 is 2.43 bits per heavy atom. The van der Waals surface area contributed by atoms with E-state index >= 15 is 0 Å². The van der Waals surface area contributed by atoms with Gasteiger partial charge in [0.15, 0.2) is 0 Å². The van der Waals surface area contributed by atoms with E-state index < -0.39 is 15.6 Å². The highest BCUT2D eigenvalue weighted by atomic mass is 32.2. The van der Waals surface area contributed by atoms with Crippen LogP contribution < -0.4 is 5.73 Å². The van der Waals surface area contributed by atoms with Crippen LogP contribution in [-0.2, 0) is 27.8 Å². The van der Waals surface area contributed by atoms with Crippen LogP contribution in [0, 0.1) is 0 Å². The summed E-state index contributed by atoms with van der Waals surface area (Å²) in [5, 5.41) is 0. The van der Waals surface area contributed by atoms with Gasteiger partial charge in [-0.25, -0.2) is 8.42 Å². The van der Waals surface area contributed by atoms with Crippen LogP contribution >= 0.6 is 0 Å². The number of sulfonamides is 1. The summed E-state index contributed by atoms with van der Waals surface area (Å²) >= 11 is 0. The van der Waals surface area contributed by atoms with Gasteiger partial charge in [-0.1, -0.05) is 42.5 Å². The summed E-state index contributed by atoms with van der Waals surface area (Å²) in [6, 6.07) is 16.5. The van der Waals surface area contributed by atoms with Gasteiger partial charge in [-0.05, 0) is 42.5 Å². The summed E-state index contributed by atoms with van der Waals surface area (Å²) < 4.78 is 28.9. The summed E-state index contributed by atoms with van der Waals surface area (Å²) in [5.74, 6) is -0.130. The summed E-state index contributed by atoms with van der Waals surface area (Å²) in [6.45, 7) is 1.26. The van der Waals surface area contributed by atoms with Crippen LogP contribution in [0.3, 0.4) is 0 Å². The number of fused-ring (bicyclic) bond motifs is 1. The monoisotopic (exact) mass is 399 g/mol. The van der Waals surface area contributed by atoms with E-state index in [2.05, 4.69) is 6.07 Å². The molecule has 1 saturated heterocycles. The zero-order valence-electron chi connectivity index (χ0n) is 15.8. The minimum absolute atomic E-state index is 0.0574. The molecule has 2 aliphatic rings. The molecule has 1 spiro atoms. The average Bonchev–Trinajstić information content (AvgIpc) is 2.73. The van der Waals surface area contributed by atoms with Crippen LogP contribution in [0.25, 0.3) is 0 Å². The first-order chi connectivity index (χ1) is 13.5. The second-order valence-electron chi connectivity index (χ2n) is 7.62. The molecule has 1 fully saturated rings. The van der Waals surface area contributed by atoms with E-state index in [1.807, 2.05) is 24.3 Å². The number of carbonyl (C=O) groups excluding carboxylic acids is 1. The molecule has 2 aromatic carbocycles. The summed E-state index contributed by atoms with van der Waals surface area (Å²) in [4.78, 5) is 14.3. The fraction of sp³-hybridized carbons (Fsp3) is 0.381. The van der Waals surface area contributed by atoms with Crippen LogP contribution in [0.15, 0.2) is 59.5 Å². The minimum atomic E-state index is -3.70. The van der Waals surface area contributed by atoms with E-state index in [0.717, 1.165) is 24.0 Å². The Morgan fingerprint density at radius 1 is 1.04 bits per heavy atom. The Bertz CT molecular complexity index is 977. The average molecular weight is 400 g/mol. The molecule has 0 aliphatic carbocycles. The lowest BCUT2D eigenvalue weighted by Gasteiger charge is -2.51. The maximum atomic E-state index is 13.6. The lowest BCUT2D eigenvalue weighted by molar-refractivity contribution is -0.133. The highest BCUT2D eigenvalue weighted by molar-refractivity contribution is 7.89. The van der Waals surface area contributed by atoms with E-state index in [1.165, 1.54) is 0 Å². The van der Waals surface area contributed by atoms with E-state index in [1.54, 1.807) is 33.5 Å². The molecule has 0 saturated carbocycles. The maximum absolute atomic E-state index is 13.6. The molecule has 2 aromatic rings. The number of hydrogen-bond acceptors (Lipinski definition) is 4. The number of rotatable bonds is 3. The molecule has 28 heavy (non-hydrogen) atoms. The fourth-order valence-corrected chi connectivity index (χ4v) is 6.30. The Morgan fingerprint density at radius 2 is 1.71 bits per heavy atom.